The van der Waals surface area contributed by atoms with Gasteiger partial charge in [0, 0.05) is 26.3 Å². The average Bonchev–Trinajstić information content (AvgIpc) is 3.47. The van der Waals surface area contributed by atoms with Crippen LogP contribution >= 0.6 is 0 Å². The molecule has 54 heavy (non-hydrogen) atoms. The van der Waals surface area contributed by atoms with E-state index in [2.05, 4.69) is 30.0 Å². The number of carbonyl (C=O) groups is 6. The number of hydrogen-bond donors (Lipinski definition) is 8. The van der Waals surface area contributed by atoms with Gasteiger partial charge in [-0.25, -0.2) is 18.0 Å². The second-order valence-electron chi connectivity index (χ2n) is 12.6. The lowest BCUT2D eigenvalue weighted by Gasteiger charge is -2.21. The molecular formula is C35H47NO17S. The van der Waals surface area contributed by atoms with Crippen LogP contribution in [0.25, 0.3) is 11.1 Å². The van der Waals surface area contributed by atoms with Crippen LogP contribution in [0, 0.1) is 0 Å². The Balaban J connectivity index is 0.000000470. The molecular weight excluding hydrogens is 738 g/mol. The van der Waals surface area contributed by atoms with Crippen molar-refractivity contribution in [3.05, 3.63) is 54.1 Å². The van der Waals surface area contributed by atoms with Crippen LogP contribution in [0.2, 0.25) is 0 Å². The summed E-state index contributed by atoms with van der Waals surface area (Å²) in [4.78, 5) is 63.9. The van der Waals surface area contributed by atoms with E-state index in [9.17, 15) is 37.2 Å². The molecule has 2 aromatic rings. The summed E-state index contributed by atoms with van der Waals surface area (Å²) in [6, 6.07) is 16.5. The predicted molar refractivity (Wildman–Crippen MR) is 189 cm³/mol. The number of benzene rings is 2. The Labute approximate surface area is 311 Å². The second-order valence-corrected chi connectivity index (χ2v) is 14.7. The fourth-order valence-corrected chi connectivity index (χ4v) is 6.67. The van der Waals surface area contributed by atoms with Gasteiger partial charge in [-0.05, 0) is 68.0 Å². The molecule has 0 unspecified atom stereocenters. The van der Waals surface area contributed by atoms with Crippen molar-refractivity contribution in [2.24, 2.45) is 0 Å². The number of sulfone groups is 1. The molecule has 1 atom stereocenters. The fourth-order valence-electron chi connectivity index (χ4n) is 5.39. The van der Waals surface area contributed by atoms with Gasteiger partial charge in [0.05, 0.1) is 36.3 Å². The number of rotatable bonds is 19. The van der Waals surface area contributed by atoms with Crippen molar-refractivity contribution in [2.45, 2.75) is 80.4 Å². The van der Waals surface area contributed by atoms with Crippen LogP contribution in [0.3, 0.4) is 0 Å². The van der Waals surface area contributed by atoms with E-state index in [1.807, 2.05) is 18.2 Å². The molecule has 1 saturated heterocycles. The van der Waals surface area contributed by atoms with Crippen molar-refractivity contribution in [3.8, 4) is 11.1 Å². The number of aliphatic carboxylic acids is 6. The lowest BCUT2D eigenvalue weighted by atomic mass is 9.96. The number of aliphatic hydroxyl groups is 2. The topological polar surface area (TPSA) is 311 Å². The van der Waals surface area contributed by atoms with Gasteiger partial charge in [-0.3, -0.25) is 19.2 Å². The molecule has 3 rings (SSSR count). The largest absolute Gasteiger partial charge is 0.481 e. The summed E-state index contributed by atoms with van der Waals surface area (Å²) < 4.78 is 29.8. The van der Waals surface area contributed by atoms with Crippen molar-refractivity contribution in [3.63, 3.8) is 0 Å². The van der Waals surface area contributed by atoms with Crippen molar-refractivity contribution in [1.82, 2.24) is 4.90 Å². The molecule has 8 N–H and O–H groups in total. The zero-order valence-electron chi connectivity index (χ0n) is 29.8. The van der Waals surface area contributed by atoms with Crippen LogP contribution in [-0.4, -0.2) is 140 Å². The molecule has 0 bridgehead atoms. The summed E-state index contributed by atoms with van der Waals surface area (Å²) in [5.41, 5.74) is -1.90. The zero-order valence-corrected chi connectivity index (χ0v) is 30.6. The van der Waals surface area contributed by atoms with E-state index in [1.54, 1.807) is 19.2 Å². The fraction of sp³-hybridized carbons (Fsp3) is 0.486. The highest BCUT2D eigenvalue weighted by molar-refractivity contribution is 7.91. The van der Waals surface area contributed by atoms with Crippen LogP contribution in [0.4, 0.5) is 0 Å². The Morgan fingerprint density at radius 1 is 0.759 bits per heavy atom. The van der Waals surface area contributed by atoms with Gasteiger partial charge < -0.3 is 50.5 Å². The summed E-state index contributed by atoms with van der Waals surface area (Å²) in [5, 5.41) is 67.6. The summed E-state index contributed by atoms with van der Waals surface area (Å²) in [5.74, 6) is -9.92. The molecule has 2 aromatic carbocycles. The lowest BCUT2D eigenvalue weighted by Crippen LogP contribution is -2.42. The van der Waals surface area contributed by atoms with Crippen LogP contribution in [-0.2, 0) is 49.8 Å². The van der Waals surface area contributed by atoms with E-state index < -0.39 is 82.5 Å². The molecule has 0 amide bonds. The monoisotopic (exact) mass is 785 g/mol. The first-order valence-electron chi connectivity index (χ1n) is 16.5. The number of ether oxygens (including phenoxy) is 1. The molecule has 0 aromatic heterocycles. The van der Waals surface area contributed by atoms with Gasteiger partial charge in [0.25, 0.3) is 0 Å². The highest BCUT2D eigenvalue weighted by atomic mass is 32.2. The Morgan fingerprint density at radius 3 is 1.61 bits per heavy atom. The van der Waals surface area contributed by atoms with Crippen LogP contribution < -0.4 is 0 Å². The first-order chi connectivity index (χ1) is 25.1. The minimum atomic E-state index is -3.26. The van der Waals surface area contributed by atoms with Gasteiger partial charge in [-0.15, -0.1) is 0 Å². The third kappa shape index (κ3) is 16.0. The minimum absolute atomic E-state index is 0.116. The summed E-state index contributed by atoms with van der Waals surface area (Å²) in [6.07, 6.45) is -0.465. The zero-order chi connectivity index (χ0) is 41.3. The molecule has 19 heteroatoms. The summed E-state index contributed by atoms with van der Waals surface area (Å²) in [7, 11) is -1.67. The maximum atomic E-state index is 12.4. The van der Waals surface area contributed by atoms with Gasteiger partial charge in [0.15, 0.2) is 21.0 Å². The van der Waals surface area contributed by atoms with Gasteiger partial charge in [-0.1, -0.05) is 36.4 Å². The van der Waals surface area contributed by atoms with E-state index in [0.717, 1.165) is 18.5 Å². The first kappa shape index (κ1) is 47.1. The predicted octanol–water partition coefficient (Wildman–Crippen LogP) is 1.69. The second kappa shape index (κ2) is 21.7. The van der Waals surface area contributed by atoms with Crippen molar-refractivity contribution >= 4 is 45.7 Å². The molecule has 0 radical (unpaired) electrons. The molecule has 1 fully saturated rings. The first-order valence-corrected chi connectivity index (χ1v) is 18.1. The van der Waals surface area contributed by atoms with E-state index in [4.69, 9.17) is 45.6 Å². The molecule has 1 heterocycles. The van der Waals surface area contributed by atoms with E-state index >= 15 is 0 Å². The van der Waals surface area contributed by atoms with E-state index in [1.165, 1.54) is 30.5 Å². The van der Waals surface area contributed by atoms with Crippen LogP contribution in [0.1, 0.15) is 57.4 Å². The van der Waals surface area contributed by atoms with E-state index in [-0.39, 0.29) is 5.75 Å². The van der Waals surface area contributed by atoms with Crippen LogP contribution in [0.5, 0.6) is 0 Å². The molecule has 1 aliphatic heterocycles. The average molecular weight is 786 g/mol. The molecule has 1 aliphatic rings. The number of methoxy groups -OCH3 is 1. The number of likely N-dealkylation sites (tertiary alicyclic amines) is 1. The highest BCUT2D eigenvalue weighted by Crippen LogP contribution is 2.27. The van der Waals surface area contributed by atoms with Crippen molar-refractivity contribution < 1.29 is 82.8 Å². The smallest absolute Gasteiger partial charge is 0.336 e. The highest BCUT2D eigenvalue weighted by Gasteiger charge is 2.41. The number of hydrogen-bond acceptors (Lipinski definition) is 12. The number of nitrogens with zero attached hydrogens (tertiary/aromatic N) is 1. The van der Waals surface area contributed by atoms with Crippen molar-refractivity contribution in [2.75, 3.05) is 32.6 Å². The van der Waals surface area contributed by atoms with Gasteiger partial charge in [0.1, 0.15) is 0 Å². The Hall–Kier alpha value is -4.95. The van der Waals surface area contributed by atoms with Gasteiger partial charge >= 0.3 is 35.8 Å². The molecule has 0 saturated carbocycles. The standard InChI is InChI=1S/C23H31NO3S.2C6H8O7/c1-19-7-5-15-24(19)16-14-20-8-3-4-9-23(20)21-10-12-22(13-11-21)28(25,26)18-6-17-27-2;2*7-3(8)1-6(13,5(11)12)2-4(9)10/h3-4,8-13,19H,5-7,14-18H2,1-2H3;2*13H,1-2H2,(H,7,8)(H,9,10)(H,11,12)/t19-;;/m1../s1. The molecule has 0 spiro atoms. The van der Waals surface area contributed by atoms with Gasteiger partial charge in [-0.2, -0.15) is 0 Å². The third-order valence-electron chi connectivity index (χ3n) is 8.23. The lowest BCUT2D eigenvalue weighted by molar-refractivity contribution is -0.170. The SMILES string of the molecule is COCCCS(=O)(=O)c1ccc(-c2ccccc2CCN2CCC[C@H]2C)cc1.O=C(O)CC(O)(CC(=O)O)C(=O)O.O=C(O)CC(O)(CC(=O)O)C(=O)O. The minimum Gasteiger partial charge on any atom is -0.481 e. The normalized spacial score (nSPS) is 14.5. The van der Waals surface area contributed by atoms with Gasteiger partial charge in [0.2, 0.25) is 0 Å². The molecule has 18 nitrogen and oxygen atoms in total. The maximum absolute atomic E-state index is 12.4. The quantitative estimate of drug-likeness (QED) is 0.0940. The Bertz CT molecular complexity index is 1620. The van der Waals surface area contributed by atoms with E-state index in [0.29, 0.717) is 24.0 Å². The summed E-state index contributed by atoms with van der Waals surface area (Å²) >= 11 is 0. The maximum Gasteiger partial charge on any atom is 0.336 e. The van der Waals surface area contributed by atoms with Crippen LogP contribution in [0.15, 0.2) is 53.4 Å². The number of carboxylic acids is 6. The third-order valence-corrected chi connectivity index (χ3v) is 10.0. The Kier molecular flexibility index (Phi) is 18.9. The molecule has 0 aliphatic carbocycles. The Morgan fingerprint density at radius 2 is 1.22 bits per heavy atom. The number of carboxylic acid groups (broad SMARTS) is 6. The molecule has 300 valence electrons. The van der Waals surface area contributed by atoms with Crippen molar-refractivity contribution in [1.29, 1.82) is 0 Å². The summed E-state index contributed by atoms with van der Waals surface area (Å²) in [6.45, 7) is 5.04.